The lowest BCUT2D eigenvalue weighted by molar-refractivity contribution is 0.0698. The van der Waals surface area contributed by atoms with E-state index in [0.29, 0.717) is 5.56 Å². The lowest BCUT2D eigenvalue weighted by Gasteiger charge is -2.03. The van der Waals surface area contributed by atoms with Gasteiger partial charge in [0.25, 0.3) is 0 Å². The first-order valence-corrected chi connectivity index (χ1v) is 6.01. The van der Waals surface area contributed by atoms with E-state index in [0.717, 1.165) is 29.7 Å². The lowest BCUT2D eigenvalue weighted by atomic mass is 10.0. The maximum atomic E-state index is 11.4. The zero-order valence-corrected chi connectivity index (χ0v) is 10.8. The van der Waals surface area contributed by atoms with E-state index in [2.05, 4.69) is 18.0 Å². The topological polar surface area (TPSA) is 45.5 Å². The fourth-order valence-electron chi connectivity index (χ4n) is 2.90. The molecule has 0 radical (unpaired) electrons. The van der Waals surface area contributed by atoms with Gasteiger partial charge in [0.05, 0.1) is 5.56 Å². The SMILES string of the molecule is Cc1c(C(=O)O)c2cc3c(cc2n1C)CN(C)C3. The van der Waals surface area contributed by atoms with Crippen molar-refractivity contribution in [3.8, 4) is 0 Å². The maximum Gasteiger partial charge on any atom is 0.338 e. The Balaban J connectivity index is 2.36. The molecule has 0 fully saturated rings. The maximum absolute atomic E-state index is 11.4. The minimum atomic E-state index is -0.843. The average molecular weight is 244 g/mol. The minimum absolute atomic E-state index is 0.435. The van der Waals surface area contributed by atoms with Crippen LogP contribution in [0.15, 0.2) is 12.1 Å². The van der Waals surface area contributed by atoms with Gasteiger partial charge in [-0.3, -0.25) is 4.90 Å². The molecule has 0 unspecified atom stereocenters. The van der Waals surface area contributed by atoms with Crippen molar-refractivity contribution in [2.75, 3.05) is 7.05 Å². The molecule has 0 spiro atoms. The number of nitrogens with zero attached hydrogens (tertiary/aromatic N) is 2. The summed E-state index contributed by atoms with van der Waals surface area (Å²) in [4.78, 5) is 13.6. The Kier molecular flexibility index (Phi) is 2.25. The Morgan fingerprint density at radius 1 is 1.22 bits per heavy atom. The molecule has 94 valence electrons. The van der Waals surface area contributed by atoms with E-state index < -0.39 is 5.97 Å². The summed E-state index contributed by atoms with van der Waals surface area (Å²) < 4.78 is 1.97. The number of fused-ring (bicyclic) bond motifs is 2. The highest BCUT2D eigenvalue weighted by molar-refractivity contribution is 6.05. The molecular formula is C14H16N2O2. The van der Waals surface area contributed by atoms with Crippen LogP contribution in [0.3, 0.4) is 0 Å². The molecule has 4 heteroatoms. The van der Waals surface area contributed by atoms with E-state index in [9.17, 15) is 9.90 Å². The third-order valence-corrected chi connectivity index (χ3v) is 3.91. The molecule has 3 rings (SSSR count). The van der Waals surface area contributed by atoms with Crippen molar-refractivity contribution in [2.24, 2.45) is 7.05 Å². The van der Waals surface area contributed by atoms with Gasteiger partial charge in [0.15, 0.2) is 0 Å². The van der Waals surface area contributed by atoms with Gasteiger partial charge < -0.3 is 9.67 Å². The van der Waals surface area contributed by atoms with Gasteiger partial charge in [-0.05, 0) is 37.2 Å². The first kappa shape index (κ1) is 11.3. The molecule has 0 atom stereocenters. The van der Waals surface area contributed by atoms with Crippen LogP contribution in [0.4, 0.5) is 0 Å². The number of hydrogen-bond acceptors (Lipinski definition) is 2. The van der Waals surface area contributed by atoms with Gasteiger partial charge in [0.2, 0.25) is 0 Å². The predicted octanol–water partition coefficient (Wildman–Crippen LogP) is 2.13. The van der Waals surface area contributed by atoms with Gasteiger partial charge in [-0.1, -0.05) is 0 Å². The molecule has 1 aromatic heterocycles. The van der Waals surface area contributed by atoms with Crippen molar-refractivity contribution >= 4 is 16.9 Å². The van der Waals surface area contributed by atoms with Gasteiger partial charge in [0, 0.05) is 36.7 Å². The largest absolute Gasteiger partial charge is 0.478 e. The van der Waals surface area contributed by atoms with Crippen molar-refractivity contribution in [3.05, 3.63) is 34.5 Å². The molecule has 0 saturated heterocycles. The number of aryl methyl sites for hydroxylation is 1. The van der Waals surface area contributed by atoms with Crippen LogP contribution in [-0.2, 0) is 20.1 Å². The predicted molar refractivity (Wildman–Crippen MR) is 69.8 cm³/mol. The van der Waals surface area contributed by atoms with Crippen LogP contribution in [0.5, 0.6) is 0 Å². The lowest BCUT2D eigenvalue weighted by Crippen LogP contribution is -2.07. The summed E-state index contributed by atoms with van der Waals surface area (Å²) >= 11 is 0. The van der Waals surface area contributed by atoms with Crippen LogP contribution in [0.1, 0.15) is 27.2 Å². The number of aromatic nitrogens is 1. The molecule has 2 heterocycles. The zero-order chi connectivity index (χ0) is 13.0. The quantitative estimate of drug-likeness (QED) is 0.835. The van der Waals surface area contributed by atoms with Gasteiger partial charge in [-0.25, -0.2) is 4.79 Å². The van der Waals surface area contributed by atoms with Crippen molar-refractivity contribution in [1.29, 1.82) is 0 Å². The Hall–Kier alpha value is -1.81. The molecule has 18 heavy (non-hydrogen) atoms. The summed E-state index contributed by atoms with van der Waals surface area (Å²) in [5.41, 5.74) is 4.82. The first-order valence-electron chi connectivity index (χ1n) is 6.01. The van der Waals surface area contributed by atoms with Crippen molar-refractivity contribution in [1.82, 2.24) is 9.47 Å². The van der Waals surface area contributed by atoms with Crippen molar-refractivity contribution < 1.29 is 9.90 Å². The fraction of sp³-hybridized carbons (Fsp3) is 0.357. The van der Waals surface area contributed by atoms with E-state index in [1.807, 2.05) is 24.6 Å². The van der Waals surface area contributed by atoms with Gasteiger partial charge >= 0.3 is 5.97 Å². The molecule has 0 saturated carbocycles. The second-order valence-corrected chi connectivity index (χ2v) is 5.13. The van der Waals surface area contributed by atoms with Crippen LogP contribution < -0.4 is 0 Å². The highest BCUT2D eigenvalue weighted by Gasteiger charge is 2.22. The summed E-state index contributed by atoms with van der Waals surface area (Å²) in [5, 5.41) is 10.2. The number of aromatic carboxylic acids is 1. The Morgan fingerprint density at radius 3 is 2.44 bits per heavy atom. The molecule has 2 aromatic rings. The molecule has 1 N–H and O–H groups in total. The number of carbonyl (C=O) groups is 1. The van der Waals surface area contributed by atoms with Gasteiger partial charge in [0.1, 0.15) is 0 Å². The van der Waals surface area contributed by atoms with Crippen LogP contribution in [-0.4, -0.2) is 27.6 Å². The summed E-state index contributed by atoms with van der Waals surface area (Å²) in [7, 11) is 4.00. The Labute approximate surface area is 105 Å². The number of benzene rings is 1. The number of rotatable bonds is 1. The summed E-state index contributed by atoms with van der Waals surface area (Å²) in [6.45, 7) is 3.71. The summed E-state index contributed by atoms with van der Waals surface area (Å²) in [6, 6.07) is 4.18. The molecule has 1 aliphatic heterocycles. The molecular weight excluding hydrogens is 228 g/mol. The van der Waals surface area contributed by atoms with Crippen molar-refractivity contribution in [3.63, 3.8) is 0 Å². The Bertz CT molecular complexity index is 670. The normalized spacial score (nSPS) is 15.3. The van der Waals surface area contributed by atoms with Gasteiger partial charge in [-0.2, -0.15) is 0 Å². The van der Waals surface area contributed by atoms with E-state index >= 15 is 0 Å². The molecule has 4 nitrogen and oxygen atoms in total. The summed E-state index contributed by atoms with van der Waals surface area (Å²) in [6.07, 6.45) is 0. The highest BCUT2D eigenvalue weighted by Crippen LogP contribution is 2.31. The minimum Gasteiger partial charge on any atom is -0.478 e. The average Bonchev–Trinajstić information content (AvgIpc) is 2.75. The third-order valence-electron chi connectivity index (χ3n) is 3.91. The van der Waals surface area contributed by atoms with E-state index in [-0.39, 0.29) is 0 Å². The van der Waals surface area contributed by atoms with E-state index in [1.165, 1.54) is 11.1 Å². The molecule has 1 aliphatic rings. The van der Waals surface area contributed by atoms with Crippen LogP contribution in [0, 0.1) is 6.92 Å². The van der Waals surface area contributed by atoms with Gasteiger partial charge in [-0.15, -0.1) is 0 Å². The van der Waals surface area contributed by atoms with E-state index in [1.54, 1.807) is 0 Å². The second kappa shape index (κ2) is 3.59. The van der Waals surface area contributed by atoms with Crippen LogP contribution in [0.2, 0.25) is 0 Å². The third kappa shape index (κ3) is 1.39. The standard InChI is InChI=1S/C14H16N2O2/c1-8-13(14(17)18)11-4-9-6-15(2)7-10(9)5-12(11)16(8)3/h4-5H,6-7H2,1-3H3,(H,17,18). The summed E-state index contributed by atoms with van der Waals surface area (Å²) in [5.74, 6) is -0.843. The molecule has 1 aromatic carbocycles. The highest BCUT2D eigenvalue weighted by atomic mass is 16.4. The molecule has 0 aliphatic carbocycles. The van der Waals surface area contributed by atoms with Crippen LogP contribution >= 0.6 is 0 Å². The second-order valence-electron chi connectivity index (χ2n) is 5.13. The number of carboxylic acids is 1. The van der Waals surface area contributed by atoms with Crippen LogP contribution in [0.25, 0.3) is 10.9 Å². The monoisotopic (exact) mass is 244 g/mol. The first-order chi connectivity index (χ1) is 8.49. The molecule has 0 amide bonds. The van der Waals surface area contributed by atoms with E-state index in [4.69, 9.17) is 0 Å². The fourth-order valence-corrected chi connectivity index (χ4v) is 2.90. The van der Waals surface area contributed by atoms with Crippen molar-refractivity contribution in [2.45, 2.75) is 20.0 Å². The number of carboxylic acid groups (broad SMARTS) is 1. The Morgan fingerprint density at radius 2 is 1.83 bits per heavy atom. The molecule has 0 bridgehead atoms. The number of hydrogen-bond donors (Lipinski definition) is 1. The zero-order valence-electron chi connectivity index (χ0n) is 10.8. The smallest absolute Gasteiger partial charge is 0.338 e.